The van der Waals surface area contributed by atoms with Crippen molar-refractivity contribution in [2.75, 3.05) is 25.0 Å². The van der Waals surface area contributed by atoms with Gasteiger partial charge in [-0.3, -0.25) is 4.79 Å². The van der Waals surface area contributed by atoms with Crippen molar-refractivity contribution in [2.45, 2.75) is 19.1 Å². The lowest BCUT2D eigenvalue weighted by atomic mass is 10.0. The highest BCUT2D eigenvalue weighted by Gasteiger charge is 2.38. The van der Waals surface area contributed by atoms with Gasteiger partial charge in [-0.15, -0.1) is 0 Å². The van der Waals surface area contributed by atoms with Crippen LogP contribution < -0.4 is 4.90 Å². The highest BCUT2D eigenvalue weighted by Crippen LogP contribution is 2.30. The van der Waals surface area contributed by atoms with Crippen LogP contribution in [0.15, 0.2) is 53.1 Å². The number of benzene rings is 2. The minimum absolute atomic E-state index is 0.00701. The predicted molar refractivity (Wildman–Crippen MR) is 104 cm³/mol. The Hall–Kier alpha value is -3.36. The Balaban J connectivity index is 1.38. The molecular formula is C21H19F3N4O2. The van der Waals surface area contributed by atoms with Crippen molar-refractivity contribution in [2.24, 2.45) is 0 Å². The number of likely N-dealkylation sites (tertiary alicyclic amines) is 1. The summed E-state index contributed by atoms with van der Waals surface area (Å²) >= 11 is 0. The molecule has 0 unspecified atom stereocenters. The molecule has 1 aliphatic rings. The van der Waals surface area contributed by atoms with Gasteiger partial charge in [-0.25, -0.2) is 0 Å². The molecule has 0 spiro atoms. The molecule has 1 aliphatic heterocycles. The molecule has 3 aromatic rings. The fourth-order valence-electron chi connectivity index (χ4n) is 3.26. The first-order valence-electron chi connectivity index (χ1n) is 9.32. The van der Waals surface area contributed by atoms with Crippen molar-refractivity contribution in [3.63, 3.8) is 0 Å². The molecule has 1 aromatic heterocycles. The maximum absolute atomic E-state index is 12.6. The zero-order chi connectivity index (χ0) is 21.5. The van der Waals surface area contributed by atoms with Crippen LogP contribution in [0.3, 0.4) is 0 Å². The summed E-state index contributed by atoms with van der Waals surface area (Å²) in [5.74, 6) is -1.48. The van der Waals surface area contributed by atoms with E-state index in [0.29, 0.717) is 24.2 Å². The minimum atomic E-state index is -4.67. The van der Waals surface area contributed by atoms with Crippen molar-refractivity contribution in [3.8, 4) is 11.4 Å². The lowest BCUT2D eigenvalue weighted by molar-refractivity contribution is -0.159. The van der Waals surface area contributed by atoms with Gasteiger partial charge in [0, 0.05) is 37.0 Å². The molecule has 1 fully saturated rings. The molecule has 0 saturated carbocycles. The molecule has 0 atom stereocenters. The van der Waals surface area contributed by atoms with Crippen LogP contribution in [0.5, 0.6) is 0 Å². The first kappa shape index (κ1) is 19.9. The number of alkyl halides is 3. The molecule has 2 heterocycles. The van der Waals surface area contributed by atoms with E-state index < -0.39 is 12.1 Å². The Kier molecular flexibility index (Phi) is 4.97. The van der Waals surface area contributed by atoms with Crippen molar-refractivity contribution < 1.29 is 22.5 Å². The number of anilines is 1. The third kappa shape index (κ3) is 3.87. The Morgan fingerprint density at radius 3 is 2.30 bits per heavy atom. The second-order valence-corrected chi connectivity index (χ2v) is 7.31. The number of rotatable bonds is 4. The van der Waals surface area contributed by atoms with E-state index in [1.807, 2.05) is 43.1 Å². The summed E-state index contributed by atoms with van der Waals surface area (Å²) in [7, 11) is 1.92. The largest absolute Gasteiger partial charge is 0.471 e. The Morgan fingerprint density at radius 2 is 1.73 bits per heavy atom. The quantitative estimate of drug-likeness (QED) is 0.643. The third-order valence-electron chi connectivity index (χ3n) is 5.20. The molecule has 0 N–H and O–H groups in total. The van der Waals surface area contributed by atoms with Crippen molar-refractivity contribution >= 4 is 11.6 Å². The van der Waals surface area contributed by atoms with Gasteiger partial charge in [-0.05, 0) is 43.3 Å². The summed E-state index contributed by atoms with van der Waals surface area (Å²) in [6.45, 7) is 3.18. The molecule has 156 valence electrons. The maximum Gasteiger partial charge on any atom is 0.471 e. The zero-order valence-corrected chi connectivity index (χ0v) is 16.3. The fraction of sp³-hybridized carbons (Fsp3) is 0.286. The Bertz CT molecular complexity index is 1040. The summed E-state index contributed by atoms with van der Waals surface area (Å²) in [6, 6.07) is 14.5. The second-order valence-electron chi connectivity index (χ2n) is 7.31. The van der Waals surface area contributed by atoms with E-state index in [1.54, 1.807) is 29.2 Å². The summed E-state index contributed by atoms with van der Waals surface area (Å²) in [6.07, 6.45) is -4.67. The van der Waals surface area contributed by atoms with E-state index in [9.17, 15) is 18.0 Å². The van der Waals surface area contributed by atoms with Crippen LogP contribution in [0.25, 0.3) is 11.4 Å². The lowest BCUT2D eigenvalue weighted by Gasteiger charge is -2.45. The molecule has 6 nitrogen and oxygen atoms in total. The number of aromatic nitrogens is 2. The summed E-state index contributed by atoms with van der Waals surface area (Å²) in [4.78, 5) is 19.7. The molecular weight excluding hydrogens is 397 g/mol. The number of nitrogens with zero attached hydrogens (tertiary/aromatic N) is 4. The molecule has 0 bridgehead atoms. The minimum Gasteiger partial charge on any atom is -0.368 e. The highest BCUT2D eigenvalue weighted by atomic mass is 19.4. The van der Waals surface area contributed by atoms with Gasteiger partial charge in [0.15, 0.2) is 0 Å². The van der Waals surface area contributed by atoms with Crippen LogP contribution in [0, 0.1) is 6.92 Å². The molecule has 9 heteroatoms. The van der Waals surface area contributed by atoms with Crippen LogP contribution in [-0.2, 0) is 6.18 Å². The van der Waals surface area contributed by atoms with Crippen LogP contribution in [-0.4, -0.2) is 47.1 Å². The maximum atomic E-state index is 12.6. The molecule has 1 amide bonds. The van der Waals surface area contributed by atoms with E-state index in [1.165, 1.54) is 0 Å². The number of aryl methyl sites for hydroxylation is 1. The Morgan fingerprint density at radius 1 is 1.10 bits per heavy atom. The third-order valence-corrected chi connectivity index (χ3v) is 5.20. The number of likely N-dealkylation sites (N-methyl/N-ethyl adjacent to an activating group) is 1. The van der Waals surface area contributed by atoms with Gasteiger partial charge in [-0.1, -0.05) is 22.9 Å². The number of carbonyl (C=O) groups is 1. The topological polar surface area (TPSA) is 62.5 Å². The predicted octanol–water partition coefficient (Wildman–Crippen LogP) is 4.02. The smallest absolute Gasteiger partial charge is 0.368 e. The van der Waals surface area contributed by atoms with Crippen LogP contribution in [0.1, 0.15) is 21.8 Å². The molecule has 2 aromatic carbocycles. The molecule has 1 saturated heterocycles. The van der Waals surface area contributed by atoms with E-state index >= 15 is 0 Å². The van der Waals surface area contributed by atoms with Gasteiger partial charge < -0.3 is 14.3 Å². The monoisotopic (exact) mass is 416 g/mol. The SMILES string of the molecule is Cc1ccc(C(=O)N2CC(N(C)c3ccc(-c4noc(C(F)(F)F)n4)cc3)C2)cc1. The normalized spacial score (nSPS) is 14.5. The summed E-state index contributed by atoms with van der Waals surface area (Å²) in [5, 5.41) is 3.39. The van der Waals surface area contributed by atoms with E-state index in [0.717, 1.165) is 11.3 Å². The number of carbonyl (C=O) groups excluding carboxylic acids is 1. The number of amides is 1. The lowest BCUT2D eigenvalue weighted by Crippen LogP contribution is -2.60. The first-order valence-corrected chi connectivity index (χ1v) is 9.32. The van der Waals surface area contributed by atoms with Gasteiger partial charge in [0.05, 0.1) is 6.04 Å². The average molecular weight is 416 g/mol. The van der Waals surface area contributed by atoms with Crippen LogP contribution in [0.4, 0.5) is 18.9 Å². The van der Waals surface area contributed by atoms with E-state index in [-0.39, 0.29) is 17.8 Å². The van der Waals surface area contributed by atoms with Crippen molar-refractivity contribution in [3.05, 3.63) is 65.5 Å². The van der Waals surface area contributed by atoms with E-state index in [2.05, 4.69) is 14.7 Å². The first-order chi connectivity index (χ1) is 14.2. The number of hydrogen-bond donors (Lipinski definition) is 0. The van der Waals surface area contributed by atoms with Gasteiger partial charge >= 0.3 is 12.1 Å². The van der Waals surface area contributed by atoms with Crippen LogP contribution in [0.2, 0.25) is 0 Å². The van der Waals surface area contributed by atoms with Crippen molar-refractivity contribution in [1.82, 2.24) is 15.0 Å². The fourth-order valence-corrected chi connectivity index (χ4v) is 3.26. The average Bonchev–Trinajstić information content (AvgIpc) is 3.18. The Labute approximate surface area is 170 Å². The molecule has 30 heavy (non-hydrogen) atoms. The van der Waals surface area contributed by atoms with Crippen molar-refractivity contribution in [1.29, 1.82) is 0 Å². The second kappa shape index (κ2) is 7.47. The van der Waals surface area contributed by atoms with E-state index in [4.69, 9.17) is 0 Å². The molecule has 4 rings (SSSR count). The molecule has 0 radical (unpaired) electrons. The zero-order valence-electron chi connectivity index (χ0n) is 16.3. The van der Waals surface area contributed by atoms with Gasteiger partial charge in [0.25, 0.3) is 5.91 Å². The summed E-state index contributed by atoms with van der Waals surface area (Å²) in [5.41, 5.74) is 3.08. The number of hydrogen-bond acceptors (Lipinski definition) is 5. The van der Waals surface area contributed by atoms with Gasteiger partial charge in [-0.2, -0.15) is 18.2 Å². The number of halogens is 3. The van der Waals surface area contributed by atoms with Gasteiger partial charge in [0.1, 0.15) is 0 Å². The van der Waals surface area contributed by atoms with Crippen LogP contribution >= 0.6 is 0 Å². The standard InChI is InChI=1S/C21H19F3N4O2/c1-13-3-5-15(6-4-13)19(29)28-11-17(12-28)27(2)16-9-7-14(8-10-16)18-25-20(30-26-18)21(22,23)24/h3-10,17H,11-12H2,1-2H3. The highest BCUT2D eigenvalue weighted by molar-refractivity contribution is 5.95. The van der Waals surface area contributed by atoms with Gasteiger partial charge in [0.2, 0.25) is 5.82 Å². The summed E-state index contributed by atoms with van der Waals surface area (Å²) < 4.78 is 42.1. The molecule has 0 aliphatic carbocycles.